The smallest absolute Gasteiger partial charge is 0.134 e. The molecule has 0 radical (unpaired) electrons. The van der Waals surface area contributed by atoms with Crippen LogP contribution in [-0.4, -0.2) is 24.5 Å². The van der Waals surface area contributed by atoms with E-state index in [1.54, 1.807) is 6.20 Å². The fourth-order valence-corrected chi connectivity index (χ4v) is 3.15. The molecule has 19 heavy (non-hydrogen) atoms. The summed E-state index contributed by atoms with van der Waals surface area (Å²) in [6.07, 6.45) is 2.79. The van der Waals surface area contributed by atoms with Crippen molar-refractivity contribution < 1.29 is 5.11 Å². The van der Waals surface area contributed by atoms with E-state index in [1.165, 1.54) is 11.5 Å². The molecular weight excluding hydrogens is 328 g/mol. The molecule has 0 spiro atoms. The number of aromatic nitrogens is 4. The lowest BCUT2D eigenvalue weighted by Crippen LogP contribution is -2.13. The minimum Gasteiger partial charge on any atom is -0.381 e. The van der Waals surface area contributed by atoms with Crippen LogP contribution in [0, 0.1) is 0 Å². The van der Waals surface area contributed by atoms with Crippen LogP contribution in [0.4, 0.5) is 0 Å². The van der Waals surface area contributed by atoms with Crippen LogP contribution < -0.4 is 0 Å². The van der Waals surface area contributed by atoms with Gasteiger partial charge in [0.05, 0.1) is 26.9 Å². The molecule has 0 amide bonds. The van der Waals surface area contributed by atoms with Crippen molar-refractivity contribution in [2.75, 3.05) is 0 Å². The predicted octanol–water partition coefficient (Wildman–Crippen LogP) is 3.11. The van der Waals surface area contributed by atoms with E-state index < -0.39 is 6.10 Å². The molecular formula is C12H17BrN4OS. The first kappa shape index (κ1) is 14.6. The maximum Gasteiger partial charge on any atom is 0.134 e. The van der Waals surface area contributed by atoms with Crippen LogP contribution in [-0.2, 0) is 6.42 Å². The Morgan fingerprint density at radius 1 is 1.47 bits per heavy atom. The zero-order valence-corrected chi connectivity index (χ0v) is 13.6. The Kier molecular flexibility index (Phi) is 4.70. The summed E-state index contributed by atoms with van der Waals surface area (Å²) in [7, 11) is 0. The van der Waals surface area contributed by atoms with E-state index in [0.717, 1.165) is 33.6 Å². The topological polar surface area (TPSA) is 63.8 Å². The van der Waals surface area contributed by atoms with Gasteiger partial charge in [-0.15, -0.1) is 5.10 Å². The van der Waals surface area contributed by atoms with E-state index in [0.29, 0.717) is 0 Å². The number of halogens is 1. The Morgan fingerprint density at radius 2 is 2.21 bits per heavy atom. The highest BCUT2D eigenvalue weighted by molar-refractivity contribution is 9.10. The second-order valence-electron chi connectivity index (χ2n) is 4.65. The van der Waals surface area contributed by atoms with Crippen LogP contribution in [0.15, 0.2) is 10.7 Å². The van der Waals surface area contributed by atoms with Crippen LogP contribution in [0.5, 0.6) is 0 Å². The number of aliphatic hydroxyl groups excluding tert-OH is 1. The normalized spacial score (nSPS) is 13.2. The first-order chi connectivity index (χ1) is 9.06. The van der Waals surface area contributed by atoms with Crippen LogP contribution in [0.2, 0.25) is 0 Å². The van der Waals surface area contributed by atoms with E-state index in [-0.39, 0.29) is 6.04 Å². The van der Waals surface area contributed by atoms with Gasteiger partial charge in [-0.1, -0.05) is 17.8 Å². The number of rotatable bonds is 5. The third-order valence-electron chi connectivity index (χ3n) is 2.86. The quantitative estimate of drug-likeness (QED) is 0.904. The van der Waals surface area contributed by atoms with E-state index in [4.69, 9.17) is 0 Å². The van der Waals surface area contributed by atoms with E-state index in [9.17, 15) is 5.11 Å². The van der Waals surface area contributed by atoms with Gasteiger partial charge in [-0.05, 0) is 47.7 Å². The molecule has 0 saturated heterocycles. The van der Waals surface area contributed by atoms with Crippen molar-refractivity contribution in [2.24, 2.45) is 0 Å². The average molecular weight is 345 g/mol. The molecule has 0 fully saturated rings. The fraction of sp³-hybridized carbons (Fsp3) is 0.583. The maximum atomic E-state index is 10.6. The molecule has 104 valence electrons. The highest BCUT2D eigenvalue weighted by Gasteiger charge is 2.25. The molecule has 1 N–H and O–H groups in total. The van der Waals surface area contributed by atoms with Gasteiger partial charge in [-0.25, -0.2) is 0 Å². The van der Waals surface area contributed by atoms with Crippen LogP contribution >= 0.6 is 27.5 Å². The molecule has 5 nitrogen and oxygen atoms in total. The summed E-state index contributed by atoms with van der Waals surface area (Å²) < 4.78 is 6.60. The zero-order chi connectivity index (χ0) is 14.0. The molecule has 2 rings (SSSR count). The molecule has 2 heterocycles. The van der Waals surface area contributed by atoms with Crippen molar-refractivity contribution in [1.29, 1.82) is 0 Å². The number of hydrogen-bond donors (Lipinski definition) is 1. The molecule has 0 aliphatic rings. The molecule has 0 aromatic carbocycles. The summed E-state index contributed by atoms with van der Waals surface area (Å²) >= 11 is 4.71. The zero-order valence-electron chi connectivity index (χ0n) is 11.2. The van der Waals surface area contributed by atoms with E-state index in [2.05, 4.69) is 37.5 Å². The molecule has 0 aliphatic carbocycles. The number of nitrogens with zero attached hydrogens (tertiary/aromatic N) is 4. The Bertz CT molecular complexity index is 552. The van der Waals surface area contributed by atoms with Gasteiger partial charge in [0.2, 0.25) is 0 Å². The monoisotopic (exact) mass is 344 g/mol. The van der Waals surface area contributed by atoms with Gasteiger partial charge in [0.1, 0.15) is 6.10 Å². The average Bonchev–Trinajstić information content (AvgIpc) is 2.95. The van der Waals surface area contributed by atoms with Crippen LogP contribution in [0.3, 0.4) is 0 Å². The maximum absolute atomic E-state index is 10.6. The van der Waals surface area contributed by atoms with Gasteiger partial charge < -0.3 is 5.11 Å². The fourth-order valence-electron chi connectivity index (χ4n) is 1.98. The lowest BCUT2D eigenvalue weighted by atomic mass is 10.1. The Balaban J connectivity index is 2.41. The van der Waals surface area contributed by atoms with Gasteiger partial charge in [0, 0.05) is 6.04 Å². The summed E-state index contributed by atoms with van der Waals surface area (Å²) in [5.41, 5.74) is 1.64. The molecule has 0 saturated carbocycles. The van der Waals surface area contributed by atoms with Crippen molar-refractivity contribution in [1.82, 2.24) is 19.4 Å². The first-order valence-corrected chi connectivity index (χ1v) is 7.85. The van der Waals surface area contributed by atoms with Crippen molar-refractivity contribution in [2.45, 2.75) is 45.8 Å². The van der Waals surface area contributed by atoms with E-state index >= 15 is 0 Å². The molecule has 1 atom stereocenters. The summed E-state index contributed by atoms with van der Waals surface area (Å²) in [5.74, 6) is 0. The largest absolute Gasteiger partial charge is 0.381 e. The van der Waals surface area contributed by atoms with Gasteiger partial charge in [0.25, 0.3) is 0 Å². The molecule has 2 aromatic rings. The van der Waals surface area contributed by atoms with Crippen molar-refractivity contribution in [3.8, 4) is 0 Å². The van der Waals surface area contributed by atoms with Crippen LogP contribution in [0.1, 0.15) is 55.6 Å². The predicted molar refractivity (Wildman–Crippen MR) is 78.3 cm³/mol. The highest BCUT2D eigenvalue weighted by Crippen LogP contribution is 2.33. The summed E-state index contributed by atoms with van der Waals surface area (Å²) in [4.78, 5) is 0.810. The summed E-state index contributed by atoms with van der Waals surface area (Å²) in [6.45, 7) is 6.16. The Hall–Kier alpha value is -0.790. The van der Waals surface area contributed by atoms with Crippen molar-refractivity contribution in [3.05, 3.63) is 26.9 Å². The first-order valence-electron chi connectivity index (χ1n) is 6.28. The lowest BCUT2D eigenvalue weighted by Gasteiger charge is -2.16. The molecule has 1 unspecified atom stereocenters. The molecule has 7 heteroatoms. The van der Waals surface area contributed by atoms with Gasteiger partial charge in [0.15, 0.2) is 0 Å². The van der Waals surface area contributed by atoms with Gasteiger partial charge >= 0.3 is 0 Å². The SMILES string of the molecule is CCCc1nnsc1C(O)c1c(Br)cnn1C(C)C. The minimum atomic E-state index is -0.735. The number of aliphatic hydroxyl groups is 1. The van der Waals surface area contributed by atoms with Gasteiger partial charge in [-0.2, -0.15) is 5.10 Å². The third-order valence-corrected chi connectivity index (χ3v) is 4.29. The minimum absolute atomic E-state index is 0.187. The van der Waals surface area contributed by atoms with Gasteiger partial charge in [-0.3, -0.25) is 4.68 Å². The second-order valence-corrected chi connectivity index (χ2v) is 6.29. The Labute approximate surface area is 125 Å². The third kappa shape index (κ3) is 2.88. The van der Waals surface area contributed by atoms with Crippen LogP contribution in [0.25, 0.3) is 0 Å². The van der Waals surface area contributed by atoms with Crippen molar-refractivity contribution in [3.63, 3.8) is 0 Å². The summed E-state index contributed by atoms with van der Waals surface area (Å²) in [5, 5.41) is 19.0. The second kappa shape index (κ2) is 6.11. The molecule has 0 aliphatic heterocycles. The lowest BCUT2D eigenvalue weighted by molar-refractivity contribution is 0.206. The summed E-state index contributed by atoms with van der Waals surface area (Å²) in [6, 6.07) is 0.187. The standard InChI is InChI=1S/C12H17BrN4OS/c1-4-5-9-12(19-16-15-9)11(18)10-8(13)6-14-17(10)7(2)3/h6-7,11,18H,4-5H2,1-3H3. The van der Waals surface area contributed by atoms with E-state index in [1.807, 2.05) is 18.5 Å². The number of aryl methyl sites for hydroxylation is 1. The van der Waals surface area contributed by atoms with Crippen molar-refractivity contribution >= 4 is 27.5 Å². The molecule has 0 bridgehead atoms. The molecule has 2 aromatic heterocycles. The Morgan fingerprint density at radius 3 is 2.84 bits per heavy atom. The number of hydrogen-bond acceptors (Lipinski definition) is 5. The highest BCUT2D eigenvalue weighted by atomic mass is 79.9.